The minimum Gasteiger partial charge on any atom is -0.383 e. The molecule has 2 unspecified atom stereocenters. The van der Waals surface area contributed by atoms with Crippen molar-refractivity contribution >= 4 is 34.1 Å². The molecule has 1 aromatic carbocycles. The highest BCUT2D eigenvalue weighted by Gasteiger charge is 2.24. The molecular formula is C22H28FN7O2. The zero-order chi connectivity index (χ0) is 22.7. The van der Waals surface area contributed by atoms with Crippen LogP contribution in [0.2, 0.25) is 0 Å². The molecule has 2 aromatic heterocycles. The fourth-order valence-electron chi connectivity index (χ4n) is 4.05. The molecule has 10 heteroatoms. The van der Waals surface area contributed by atoms with E-state index in [1.807, 2.05) is 22.9 Å². The first kappa shape index (κ1) is 22.0. The summed E-state index contributed by atoms with van der Waals surface area (Å²) in [5.74, 6) is -1.18. The predicted molar refractivity (Wildman–Crippen MR) is 121 cm³/mol. The number of nitrogens with one attached hydrogen (secondary N) is 2. The molecule has 0 spiro atoms. The van der Waals surface area contributed by atoms with Crippen LogP contribution in [0.3, 0.4) is 0 Å². The van der Waals surface area contributed by atoms with Gasteiger partial charge in [-0.2, -0.15) is 5.10 Å². The number of methoxy groups -OCH3 is 1. The molecular weight excluding hydrogens is 413 g/mol. The Morgan fingerprint density at radius 3 is 2.84 bits per heavy atom. The molecule has 9 nitrogen and oxygen atoms in total. The maximum Gasteiger partial charge on any atom is 0.252 e. The Balaban J connectivity index is 1.62. The van der Waals surface area contributed by atoms with Crippen LogP contribution in [0.4, 0.5) is 21.7 Å². The molecule has 6 N–H and O–H groups in total. The number of carbonyl (C=O) groups is 1. The molecule has 170 valence electrons. The van der Waals surface area contributed by atoms with Gasteiger partial charge in [-0.25, -0.2) is 9.37 Å². The summed E-state index contributed by atoms with van der Waals surface area (Å²) < 4.78 is 21.7. The second kappa shape index (κ2) is 9.49. The largest absolute Gasteiger partial charge is 0.383 e. The highest BCUT2D eigenvalue weighted by molar-refractivity contribution is 5.99. The summed E-state index contributed by atoms with van der Waals surface area (Å²) in [7, 11) is 1.64. The number of benzene rings is 1. The molecule has 0 saturated heterocycles. The van der Waals surface area contributed by atoms with Crippen LogP contribution in [0, 0.1) is 5.82 Å². The number of fused-ring (bicyclic) bond motifs is 1. The van der Waals surface area contributed by atoms with Crippen molar-refractivity contribution < 1.29 is 13.9 Å². The van der Waals surface area contributed by atoms with Crippen LogP contribution < -0.4 is 22.1 Å². The van der Waals surface area contributed by atoms with E-state index < -0.39 is 11.7 Å². The summed E-state index contributed by atoms with van der Waals surface area (Å²) in [6.07, 6.45) is 5.55. The molecule has 0 bridgehead atoms. The number of nitrogens with zero attached hydrogens (tertiary/aromatic N) is 3. The van der Waals surface area contributed by atoms with E-state index in [4.69, 9.17) is 16.2 Å². The van der Waals surface area contributed by atoms with Gasteiger partial charge in [0.25, 0.3) is 5.91 Å². The number of nitrogens with two attached hydrogens (primary N) is 2. The van der Waals surface area contributed by atoms with Crippen molar-refractivity contribution in [3.8, 4) is 0 Å². The quantitative estimate of drug-likeness (QED) is 0.422. The minimum atomic E-state index is -0.770. The van der Waals surface area contributed by atoms with Crippen molar-refractivity contribution in [1.29, 1.82) is 0 Å². The third-order valence-electron chi connectivity index (χ3n) is 5.79. The van der Waals surface area contributed by atoms with Crippen molar-refractivity contribution in [2.45, 2.75) is 44.3 Å². The fraction of sp³-hybridized carbons (Fsp3) is 0.409. The Morgan fingerprint density at radius 1 is 1.28 bits per heavy atom. The number of hydrogen-bond donors (Lipinski definition) is 4. The van der Waals surface area contributed by atoms with E-state index in [9.17, 15) is 9.18 Å². The Morgan fingerprint density at radius 2 is 2.09 bits per heavy atom. The Hall–Kier alpha value is -3.24. The van der Waals surface area contributed by atoms with Gasteiger partial charge in [-0.3, -0.25) is 9.48 Å². The zero-order valence-corrected chi connectivity index (χ0v) is 18.0. The maximum absolute atomic E-state index is 14.7. The fourth-order valence-corrected chi connectivity index (χ4v) is 4.05. The summed E-state index contributed by atoms with van der Waals surface area (Å²) in [6.45, 7) is 1.19. The molecule has 0 radical (unpaired) electrons. The molecule has 2 atom stereocenters. The monoisotopic (exact) mass is 441 g/mol. The number of halogens is 1. The van der Waals surface area contributed by atoms with Crippen molar-refractivity contribution in [2.24, 2.45) is 11.5 Å². The lowest BCUT2D eigenvalue weighted by Crippen LogP contribution is -2.43. The molecule has 32 heavy (non-hydrogen) atoms. The molecule has 1 amide bonds. The molecule has 1 aliphatic rings. The van der Waals surface area contributed by atoms with Crippen LogP contribution in [0.5, 0.6) is 0 Å². The first-order valence-electron chi connectivity index (χ1n) is 10.7. The lowest BCUT2D eigenvalue weighted by atomic mass is 9.91. The second-order valence-corrected chi connectivity index (χ2v) is 8.04. The number of hydrogen-bond acceptors (Lipinski definition) is 7. The molecule has 1 aliphatic carbocycles. The van der Waals surface area contributed by atoms with Crippen LogP contribution in [-0.4, -0.2) is 46.5 Å². The Bertz CT molecular complexity index is 1120. The summed E-state index contributed by atoms with van der Waals surface area (Å²) in [5, 5.41) is 11.5. The number of pyridine rings is 1. The minimum absolute atomic E-state index is 0.0307. The molecule has 1 fully saturated rings. The summed E-state index contributed by atoms with van der Waals surface area (Å²) >= 11 is 0. The van der Waals surface area contributed by atoms with E-state index in [0.29, 0.717) is 18.8 Å². The summed E-state index contributed by atoms with van der Waals surface area (Å²) in [5.41, 5.74) is 13.3. The first-order chi connectivity index (χ1) is 15.5. The number of amides is 1. The highest BCUT2D eigenvalue weighted by atomic mass is 19.1. The van der Waals surface area contributed by atoms with Gasteiger partial charge >= 0.3 is 0 Å². The van der Waals surface area contributed by atoms with Gasteiger partial charge in [-0.1, -0.05) is 12.8 Å². The van der Waals surface area contributed by atoms with Crippen LogP contribution in [-0.2, 0) is 11.3 Å². The van der Waals surface area contributed by atoms with Gasteiger partial charge in [0.15, 0.2) is 11.6 Å². The second-order valence-electron chi connectivity index (χ2n) is 8.04. The van der Waals surface area contributed by atoms with E-state index in [2.05, 4.69) is 20.7 Å². The lowest BCUT2D eigenvalue weighted by Gasteiger charge is -2.30. The van der Waals surface area contributed by atoms with Gasteiger partial charge in [0, 0.05) is 30.3 Å². The third kappa shape index (κ3) is 4.66. The van der Waals surface area contributed by atoms with E-state index in [1.54, 1.807) is 13.3 Å². The van der Waals surface area contributed by atoms with E-state index >= 15 is 0 Å². The molecule has 2 heterocycles. The smallest absolute Gasteiger partial charge is 0.252 e. The van der Waals surface area contributed by atoms with E-state index in [1.165, 1.54) is 0 Å². The third-order valence-corrected chi connectivity index (χ3v) is 5.79. The van der Waals surface area contributed by atoms with Gasteiger partial charge in [-0.15, -0.1) is 0 Å². The number of rotatable bonds is 8. The number of anilines is 3. The molecule has 1 saturated carbocycles. The van der Waals surface area contributed by atoms with Crippen LogP contribution in [0.15, 0.2) is 30.5 Å². The van der Waals surface area contributed by atoms with Crippen molar-refractivity contribution in [1.82, 2.24) is 14.8 Å². The normalized spacial score (nSPS) is 18.6. The SMILES string of the molecule is COCCn1ncc2cc(Nc3nc(NC4CCCCC4N)c(F)cc3C(N)=O)ccc21. The number of primary amides is 1. The predicted octanol–water partition coefficient (Wildman–Crippen LogP) is 2.74. The average Bonchev–Trinajstić information content (AvgIpc) is 3.17. The van der Waals surface area contributed by atoms with E-state index in [0.717, 1.165) is 42.7 Å². The van der Waals surface area contributed by atoms with Gasteiger partial charge < -0.3 is 26.8 Å². The summed E-state index contributed by atoms with van der Waals surface area (Å²) in [6, 6.07) is 6.59. The van der Waals surface area contributed by atoms with Gasteiger partial charge in [0.1, 0.15) is 5.82 Å². The first-order valence-corrected chi connectivity index (χ1v) is 10.7. The topological polar surface area (TPSA) is 133 Å². The van der Waals surface area contributed by atoms with Crippen molar-refractivity contribution in [3.05, 3.63) is 41.8 Å². The number of ether oxygens (including phenoxy) is 1. The molecule has 4 rings (SSSR count). The maximum atomic E-state index is 14.7. The van der Waals surface area contributed by atoms with E-state index in [-0.39, 0.29) is 29.3 Å². The van der Waals surface area contributed by atoms with Crippen LogP contribution >= 0.6 is 0 Å². The molecule has 3 aromatic rings. The average molecular weight is 442 g/mol. The Kier molecular flexibility index (Phi) is 6.52. The molecule has 0 aliphatic heterocycles. The Labute approximate surface area is 185 Å². The summed E-state index contributed by atoms with van der Waals surface area (Å²) in [4.78, 5) is 16.3. The lowest BCUT2D eigenvalue weighted by molar-refractivity contribution is 0.100. The van der Waals surface area contributed by atoms with Crippen LogP contribution in [0.25, 0.3) is 10.9 Å². The zero-order valence-electron chi connectivity index (χ0n) is 18.0. The van der Waals surface area contributed by atoms with Gasteiger partial charge in [-0.05, 0) is 37.1 Å². The number of aromatic nitrogens is 3. The van der Waals surface area contributed by atoms with Crippen LogP contribution in [0.1, 0.15) is 36.0 Å². The van der Waals surface area contributed by atoms with Crippen molar-refractivity contribution in [2.75, 3.05) is 24.4 Å². The van der Waals surface area contributed by atoms with Gasteiger partial charge in [0.2, 0.25) is 0 Å². The van der Waals surface area contributed by atoms with Gasteiger partial charge in [0.05, 0.1) is 30.4 Å². The highest BCUT2D eigenvalue weighted by Crippen LogP contribution is 2.28. The standard InChI is InChI=1S/C22H28FN7O2/c1-32-9-8-30-19-7-6-14(10-13(19)12-26-30)27-21-15(20(25)31)11-16(23)22(29-21)28-18-5-3-2-4-17(18)24/h6-7,10-12,17-18H,2-5,8-9,24H2,1H3,(H2,25,31)(H2,27,28,29). The number of carbonyl (C=O) groups excluding carboxylic acids is 1. The van der Waals surface area contributed by atoms with Crippen molar-refractivity contribution in [3.63, 3.8) is 0 Å².